The Morgan fingerprint density at radius 3 is 2.69 bits per heavy atom. The van der Waals surface area contributed by atoms with Gasteiger partial charge in [0, 0.05) is 12.2 Å². The van der Waals surface area contributed by atoms with Gasteiger partial charge in [0.1, 0.15) is 5.82 Å². The summed E-state index contributed by atoms with van der Waals surface area (Å²) in [4.78, 5) is 8.42. The highest BCUT2D eigenvalue weighted by molar-refractivity contribution is 5.39. The molecule has 1 aromatic heterocycles. The highest BCUT2D eigenvalue weighted by Crippen LogP contribution is 2.66. The van der Waals surface area contributed by atoms with E-state index in [1.54, 1.807) is 12.3 Å². The maximum Gasteiger partial charge on any atom is 0.224 e. The van der Waals surface area contributed by atoms with E-state index >= 15 is 0 Å². The Balaban J connectivity index is 1.51. The van der Waals surface area contributed by atoms with Crippen LogP contribution < -0.4 is 11.1 Å². The predicted molar refractivity (Wildman–Crippen MR) is 61.7 cm³/mol. The van der Waals surface area contributed by atoms with Crippen LogP contribution in [-0.4, -0.2) is 16.0 Å². The molecule has 3 aliphatic carbocycles. The number of aromatic nitrogens is 2. The van der Waals surface area contributed by atoms with Gasteiger partial charge in [0.25, 0.3) is 0 Å². The van der Waals surface area contributed by atoms with Crippen LogP contribution in [0.3, 0.4) is 0 Å². The largest absolute Gasteiger partial charge is 0.384 e. The molecule has 3 aliphatic rings. The molecule has 1 heterocycles. The van der Waals surface area contributed by atoms with Gasteiger partial charge in [-0.3, -0.25) is 0 Å². The Morgan fingerprint density at radius 1 is 1.25 bits per heavy atom. The average Bonchev–Trinajstić information content (AvgIpc) is 2.70. The zero-order valence-electron chi connectivity index (χ0n) is 9.13. The topological polar surface area (TPSA) is 63.8 Å². The van der Waals surface area contributed by atoms with Gasteiger partial charge in [-0.15, -0.1) is 0 Å². The van der Waals surface area contributed by atoms with Crippen molar-refractivity contribution in [1.29, 1.82) is 0 Å². The number of rotatable bonds is 2. The van der Waals surface area contributed by atoms with Gasteiger partial charge >= 0.3 is 0 Å². The maximum atomic E-state index is 5.65. The lowest BCUT2D eigenvalue weighted by Gasteiger charge is -2.10. The second-order valence-electron chi connectivity index (χ2n) is 5.46. The smallest absolute Gasteiger partial charge is 0.224 e. The quantitative estimate of drug-likeness (QED) is 0.786. The summed E-state index contributed by atoms with van der Waals surface area (Å²) in [7, 11) is 0. The minimum atomic E-state index is 0.547. The van der Waals surface area contributed by atoms with Crippen molar-refractivity contribution in [3.05, 3.63) is 12.3 Å². The van der Waals surface area contributed by atoms with E-state index in [2.05, 4.69) is 15.3 Å². The van der Waals surface area contributed by atoms with E-state index in [1.807, 2.05) is 0 Å². The first kappa shape index (κ1) is 8.79. The lowest BCUT2D eigenvalue weighted by molar-refractivity contribution is 0.456. The van der Waals surface area contributed by atoms with E-state index in [0.29, 0.717) is 17.8 Å². The van der Waals surface area contributed by atoms with Crippen molar-refractivity contribution in [3.8, 4) is 0 Å². The van der Waals surface area contributed by atoms with Crippen LogP contribution in [0.25, 0.3) is 0 Å². The molecule has 4 heteroatoms. The van der Waals surface area contributed by atoms with Gasteiger partial charge in [0.2, 0.25) is 5.95 Å². The number of nitrogens with zero attached hydrogens (tertiary/aromatic N) is 2. The Morgan fingerprint density at radius 2 is 2.00 bits per heavy atom. The molecule has 0 aromatic carbocycles. The van der Waals surface area contributed by atoms with E-state index in [0.717, 1.165) is 23.7 Å². The van der Waals surface area contributed by atoms with Crippen molar-refractivity contribution in [2.75, 3.05) is 11.1 Å². The van der Waals surface area contributed by atoms with Gasteiger partial charge in [-0.05, 0) is 49.0 Å². The Kier molecular flexibility index (Phi) is 1.58. The van der Waals surface area contributed by atoms with Gasteiger partial charge in [-0.2, -0.15) is 4.98 Å². The lowest BCUT2D eigenvalue weighted by Crippen LogP contribution is -2.14. The molecule has 2 bridgehead atoms. The van der Waals surface area contributed by atoms with Crippen molar-refractivity contribution in [1.82, 2.24) is 9.97 Å². The molecule has 4 nitrogen and oxygen atoms in total. The van der Waals surface area contributed by atoms with Crippen molar-refractivity contribution in [2.24, 2.45) is 23.7 Å². The number of hydrogen-bond acceptors (Lipinski definition) is 4. The maximum absolute atomic E-state index is 5.65. The summed E-state index contributed by atoms with van der Waals surface area (Å²) < 4.78 is 0. The lowest BCUT2D eigenvalue weighted by atomic mass is 10.0. The first-order chi connectivity index (χ1) is 7.83. The van der Waals surface area contributed by atoms with Crippen molar-refractivity contribution < 1.29 is 0 Å². The standard InChI is InChI=1S/C12H16N4/c13-8-3-4-14-12(15-8)16-11-9-6-1-2-7(5-6)10(9)11/h3-4,6-7,9-11H,1-2,5H2,(H3,13,14,15,16). The van der Waals surface area contributed by atoms with E-state index in [-0.39, 0.29) is 0 Å². The van der Waals surface area contributed by atoms with Gasteiger partial charge in [-0.1, -0.05) is 0 Å². The fourth-order valence-electron chi connectivity index (χ4n) is 4.11. The zero-order valence-corrected chi connectivity index (χ0v) is 9.13. The summed E-state index contributed by atoms with van der Waals surface area (Å²) in [6.45, 7) is 0. The summed E-state index contributed by atoms with van der Waals surface area (Å²) in [6.07, 6.45) is 6.09. The van der Waals surface area contributed by atoms with Crippen LogP contribution in [0.5, 0.6) is 0 Å². The Hall–Kier alpha value is -1.32. The van der Waals surface area contributed by atoms with Crippen LogP contribution in [0.2, 0.25) is 0 Å². The molecule has 4 unspecified atom stereocenters. The minimum absolute atomic E-state index is 0.547. The van der Waals surface area contributed by atoms with Crippen LogP contribution in [0, 0.1) is 23.7 Å². The van der Waals surface area contributed by atoms with E-state index in [1.165, 1.54) is 19.3 Å². The molecule has 0 spiro atoms. The van der Waals surface area contributed by atoms with Crippen LogP contribution in [0.15, 0.2) is 12.3 Å². The normalized spacial score (nSPS) is 43.1. The SMILES string of the molecule is Nc1ccnc(NC2C3C4CCC(C4)C23)n1. The highest BCUT2D eigenvalue weighted by atomic mass is 15.2. The zero-order chi connectivity index (χ0) is 10.7. The molecule has 1 aromatic rings. The van der Waals surface area contributed by atoms with E-state index < -0.39 is 0 Å². The molecule has 0 saturated heterocycles. The third kappa shape index (κ3) is 1.10. The van der Waals surface area contributed by atoms with Crippen LogP contribution >= 0.6 is 0 Å². The summed E-state index contributed by atoms with van der Waals surface area (Å²) in [5.41, 5.74) is 5.65. The second kappa shape index (κ2) is 2.87. The number of nitrogen functional groups attached to an aromatic ring is 1. The summed E-state index contributed by atoms with van der Waals surface area (Å²) in [6, 6.07) is 2.36. The molecule has 0 radical (unpaired) electrons. The fourth-order valence-corrected chi connectivity index (χ4v) is 4.11. The number of hydrogen-bond donors (Lipinski definition) is 2. The van der Waals surface area contributed by atoms with Crippen LogP contribution in [0.1, 0.15) is 19.3 Å². The third-order valence-electron chi connectivity index (χ3n) is 4.71. The minimum Gasteiger partial charge on any atom is -0.384 e. The molecule has 84 valence electrons. The number of nitrogens with one attached hydrogen (secondary N) is 1. The predicted octanol–water partition coefficient (Wildman–Crippen LogP) is 1.52. The first-order valence-corrected chi connectivity index (χ1v) is 6.18. The molecule has 3 saturated carbocycles. The fraction of sp³-hybridized carbons (Fsp3) is 0.667. The molecule has 4 rings (SSSR count). The van der Waals surface area contributed by atoms with E-state index in [9.17, 15) is 0 Å². The number of fused-ring (bicyclic) bond motifs is 5. The average molecular weight is 216 g/mol. The molecule has 0 aliphatic heterocycles. The first-order valence-electron chi connectivity index (χ1n) is 6.18. The molecule has 3 fully saturated rings. The monoisotopic (exact) mass is 216 g/mol. The second-order valence-corrected chi connectivity index (χ2v) is 5.46. The van der Waals surface area contributed by atoms with Crippen LogP contribution in [0.4, 0.5) is 11.8 Å². The number of anilines is 2. The van der Waals surface area contributed by atoms with Crippen molar-refractivity contribution in [3.63, 3.8) is 0 Å². The Labute approximate surface area is 94.7 Å². The summed E-state index contributed by atoms with van der Waals surface area (Å²) in [5, 5.41) is 3.46. The van der Waals surface area contributed by atoms with E-state index in [4.69, 9.17) is 5.73 Å². The third-order valence-corrected chi connectivity index (χ3v) is 4.71. The Bertz CT molecular complexity index is 417. The van der Waals surface area contributed by atoms with Crippen molar-refractivity contribution in [2.45, 2.75) is 25.3 Å². The van der Waals surface area contributed by atoms with Crippen molar-refractivity contribution >= 4 is 11.8 Å². The molecule has 0 amide bonds. The number of nitrogens with two attached hydrogens (primary N) is 1. The molecule has 3 N–H and O–H groups in total. The van der Waals surface area contributed by atoms with Gasteiger partial charge in [0.05, 0.1) is 0 Å². The van der Waals surface area contributed by atoms with Gasteiger partial charge in [-0.25, -0.2) is 4.98 Å². The van der Waals surface area contributed by atoms with Gasteiger partial charge < -0.3 is 11.1 Å². The summed E-state index contributed by atoms with van der Waals surface area (Å²) >= 11 is 0. The van der Waals surface area contributed by atoms with Gasteiger partial charge in [0.15, 0.2) is 0 Å². The van der Waals surface area contributed by atoms with Crippen LogP contribution in [-0.2, 0) is 0 Å². The molecule has 16 heavy (non-hydrogen) atoms. The summed E-state index contributed by atoms with van der Waals surface area (Å²) in [5.74, 6) is 5.03. The molecular formula is C12H16N4. The highest BCUT2D eigenvalue weighted by Gasteiger charge is 2.65. The molecule has 4 atom stereocenters. The molecular weight excluding hydrogens is 200 g/mol.